The Hall–Kier alpha value is -2.04. The SMILES string of the molecule is O=C(O)Cc1ccc(NC(=O)NCCC2CC2)cc1. The zero-order valence-electron chi connectivity index (χ0n) is 10.7. The lowest BCUT2D eigenvalue weighted by atomic mass is 10.1. The Bertz CT molecular complexity index is 452. The monoisotopic (exact) mass is 262 g/mol. The number of carboxylic acids is 1. The number of carbonyl (C=O) groups excluding carboxylic acids is 1. The molecule has 1 aliphatic carbocycles. The number of hydrogen-bond donors (Lipinski definition) is 3. The highest BCUT2D eigenvalue weighted by Crippen LogP contribution is 2.31. The fraction of sp³-hybridized carbons (Fsp3) is 0.429. The summed E-state index contributed by atoms with van der Waals surface area (Å²) in [6.45, 7) is 0.702. The standard InChI is InChI=1S/C14H18N2O3/c17-13(18)9-11-3-5-12(6-4-11)16-14(19)15-8-7-10-1-2-10/h3-6,10H,1-2,7-9H2,(H,17,18)(H2,15,16,19). The summed E-state index contributed by atoms with van der Waals surface area (Å²) in [6.07, 6.45) is 3.61. The summed E-state index contributed by atoms with van der Waals surface area (Å²) >= 11 is 0. The van der Waals surface area contributed by atoms with Crippen LogP contribution < -0.4 is 10.6 Å². The van der Waals surface area contributed by atoms with E-state index in [1.54, 1.807) is 24.3 Å². The molecule has 0 heterocycles. The molecule has 0 saturated heterocycles. The van der Waals surface area contributed by atoms with Crippen molar-refractivity contribution in [3.63, 3.8) is 0 Å². The Balaban J connectivity index is 1.74. The number of carbonyl (C=O) groups is 2. The van der Waals surface area contributed by atoms with Gasteiger partial charge in [-0.05, 0) is 30.0 Å². The van der Waals surface area contributed by atoms with Crippen molar-refractivity contribution >= 4 is 17.7 Å². The van der Waals surface area contributed by atoms with E-state index in [1.807, 2.05) is 0 Å². The van der Waals surface area contributed by atoms with E-state index in [9.17, 15) is 9.59 Å². The van der Waals surface area contributed by atoms with Gasteiger partial charge in [0.15, 0.2) is 0 Å². The molecule has 1 aliphatic rings. The predicted molar refractivity (Wildman–Crippen MR) is 72.1 cm³/mol. The second-order valence-electron chi connectivity index (χ2n) is 4.88. The lowest BCUT2D eigenvalue weighted by molar-refractivity contribution is -0.136. The summed E-state index contributed by atoms with van der Waals surface area (Å²) < 4.78 is 0. The highest BCUT2D eigenvalue weighted by molar-refractivity contribution is 5.89. The van der Waals surface area contributed by atoms with Crippen LogP contribution in [-0.4, -0.2) is 23.7 Å². The molecular formula is C14H18N2O3. The summed E-state index contributed by atoms with van der Waals surface area (Å²) in [5, 5.41) is 14.2. The van der Waals surface area contributed by atoms with Crippen LogP contribution in [0.3, 0.4) is 0 Å². The Kier molecular flexibility index (Phi) is 4.39. The van der Waals surface area contributed by atoms with Crippen LogP contribution in [-0.2, 0) is 11.2 Å². The highest BCUT2D eigenvalue weighted by atomic mass is 16.4. The molecule has 3 N–H and O–H groups in total. The van der Waals surface area contributed by atoms with Crippen molar-refractivity contribution in [2.45, 2.75) is 25.7 Å². The summed E-state index contributed by atoms with van der Waals surface area (Å²) in [5.74, 6) is -0.0610. The van der Waals surface area contributed by atoms with Crippen molar-refractivity contribution in [3.8, 4) is 0 Å². The van der Waals surface area contributed by atoms with E-state index in [-0.39, 0.29) is 12.5 Å². The number of amides is 2. The number of rotatable bonds is 6. The van der Waals surface area contributed by atoms with Gasteiger partial charge in [-0.25, -0.2) is 4.79 Å². The maximum absolute atomic E-state index is 11.6. The smallest absolute Gasteiger partial charge is 0.319 e. The topological polar surface area (TPSA) is 78.4 Å². The molecule has 0 aromatic heterocycles. The van der Waals surface area contributed by atoms with E-state index in [1.165, 1.54) is 12.8 Å². The molecule has 0 atom stereocenters. The van der Waals surface area contributed by atoms with Crippen molar-refractivity contribution in [3.05, 3.63) is 29.8 Å². The molecule has 0 spiro atoms. The third-order valence-electron chi connectivity index (χ3n) is 3.10. The van der Waals surface area contributed by atoms with Gasteiger partial charge in [0.25, 0.3) is 0 Å². The average Bonchev–Trinajstić information content (AvgIpc) is 3.15. The van der Waals surface area contributed by atoms with Gasteiger partial charge in [0.05, 0.1) is 6.42 Å². The van der Waals surface area contributed by atoms with Gasteiger partial charge in [-0.3, -0.25) is 4.79 Å². The number of benzene rings is 1. The van der Waals surface area contributed by atoms with Gasteiger partial charge < -0.3 is 15.7 Å². The lowest BCUT2D eigenvalue weighted by Crippen LogP contribution is -2.29. The molecule has 2 rings (SSSR count). The summed E-state index contributed by atoms with van der Waals surface area (Å²) in [4.78, 5) is 22.1. The average molecular weight is 262 g/mol. The molecule has 5 nitrogen and oxygen atoms in total. The van der Waals surface area contributed by atoms with Crippen LogP contribution in [0.1, 0.15) is 24.8 Å². The molecule has 5 heteroatoms. The maximum Gasteiger partial charge on any atom is 0.319 e. The molecule has 2 amide bonds. The van der Waals surface area contributed by atoms with Gasteiger partial charge in [0.1, 0.15) is 0 Å². The van der Waals surface area contributed by atoms with E-state index < -0.39 is 5.97 Å². The second-order valence-corrected chi connectivity index (χ2v) is 4.88. The Morgan fingerprint density at radius 1 is 1.21 bits per heavy atom. The van der Waals surface area contributed by atoms with Crippen molar-refractivity contribution in [2.24, 2.45) is 5.92 Å². The van der Waals surface area contributed by atoms with Gasteiger partial charge in [-0.2, -0.15) is 0 Å². The minimum absolute atomic E-state index is 0.00609. The van der Waals surface area contributed by atoms with E-state index in [0.717, 1.165) is 12.3 Å². The summed E-state index contributed by atoms with van der Waals surface area (Å²) in [5.41, 5.74) is 1.38. The van der Waals surface area contributed by atoms with Crippen LogP contribution in [0.2, 0.25) is 0 Å². The second kappa shape index (κ2) is 6.22. The van der Waals surface area contributed by atoms with Crippen molar-refractivity contribution in [1.29, 1.82) is 0 Å². The van der Waals surface area contributed by atoms with Crippen LogP contribution in [0.25, 0.3) is 0 Å². The molecular weight excluding hydrogens is 244 g/mol. The molecule has 1 aromatic rings. The Morgan fingerprint density at radius 2 is 1.89 bits per heavy atom. The quantitative estimate of drug-likeness (QED) is 0.735. The molecule has 1 saturated carbocycles. The third-order valence-corrected chi connectivity index (χ3v) is 3.10. The van der Waals surface area contributed by atoms with Gasteiger partial charge in [-0.15, -0.1) is 0 Å². The molecule has 1 fully saturated rings. The zero-order valence-corrected chi connectivity index (χ0v) is 10.7. The van der Waals surface area contributed by atoms with Gasteiger partial charge in [0, 0.05) is 12.2 Å². The van der Waals surface area contributed by atoms with Crippen molar-refractivity contribution in [1.82, 2.24) is 5.32 Å². The first kappa shape index (κ1) is 13.4. The van der Waals surface area contributed by atoms with Gasteiger partial charge in [0.2, 0.25) is 0 Å². The predicted octanol–water partition coefficient (Wildman–Crippen LogP) is 2.24. The first-order chi connectivity index (χ1) is 9.13. The maximum atomic E-state index is 11.6. The zero-order chi connectivity index (χ0) is 13.7. The van der Waals surface area contributed by atoms with Crippen LogP contribution >= 0.6 is 0 Å². The molecule has 1 aromatic carbocycles. The molecule has 0 bridgehead atoms. The number of anilines is 1. The number of hydrogen-bond acceptors (Lipinski definition) is 2. The van der Waals surface area contributed by atoms with Crippen LogP contribution in [0.15, 0.2) is 24.3 Å². The van der Waals surface area contributed by atoms with Crippen LogP contribution in [0, 0.1) is 5.92 Å². The number of urea groups is 1. The van der Waals surface area contributed by atoms with Crippen molar-refractivity contribution in [2.75, 3.05) is 11.9 Å². The summed E-state index contributed by atoms with van der Waals surface area (Å²) in [7, 11) is 0. The molecule has 19 heavy (non-hydrogen) atoms. The molecule has 102 valence electrons. The Labute approximate surface area is 112 Å². The van der Waals surface area contributed by atoms with Crippen LogP contribution in [0.5, 0.6) is 0 Å². The fourth-order valence-electron chi connectivity index (χ4n) is 1.85. The van der Waals surface area contributed by atoms with E-state index >= 15 is 0 Å². The first-order valence-corrected chi connectivity index (χ1v) is 6.49. The van der Waals surface area contributed by atoms with Gasteiger partial charge >= 0.3 is 12.0 Å². The number of aliphatic carboxylic acids is 1. The van der Waals surface area contributed by atoms with Crippen molar-refractivity contribution < 1.29 is 14.7 Å². The van der Waals surface area contributed by atoms with Gasteiger partial charge in [-0.1, -0.05) is 25.0 Å². The minimum Gasteiger partial charge on any atom is -0.481 e. The fourth-order valence-corrected chi connectivity index (χ4v) is 1.85. The van der Waals surface area contributed by atoms with E-state index in [2.05, 4.69) is 10.6 Å². The minimum atomic E-state index is -0.862. The molecule has 0 unspecified atom stereocenters. The lowest BCUT2D eigenvalue weighted by Gasteiger charge is -2.07. The number of carboxylic acid groups (broad SMARTS) is 1. The van der Waals surface area contributed by atoms with Crippen LogP contribution in [0.4, 0.5) is 10.5 Å². The Morgan fingerprint density at radius 3 is 2.47 bits per heavy atom. The third kappa shape index (κ3) is 4.99. The normalized spacial score (nSPS) is 13.9. The summed E-state index contributed by atoms with van der Waals surface area (Å²) in [6, 6.07) is 6.60. The van der Waals surface area contributed by atoms with E-state index in [4.69, 9.17) is 5.11 Å². The molecule has 0 radical (unpaired) electrons. The molecule has 0 aliphatic heterocycles. The number of nitrogens with one attached hydrogen (secondary N) is 2. The highest BCUT2D eigenvalue weighted by Gasteiger charge is 2.20. The van der Waals surface area contributed by atoms with E-state index in [0.29, 0.717) is 17.8 Å². The first-order valence-electron chi connectivity index (χ1n) is 6.49. The largest absolute Gasteiger partial charge is 0.481 e.